The first-order valence-corrected chi connectivity index (χ1v) is 9.17. The first-order chi connectivity index (χ1) is 14.1. The Hall–Kier alpha value is -3.88. The zero-order valence-electron chi connectivity index (χ0n) is 15.1. The number of anilines is 2. The van der Waals surface area contributed by atoms with Crippen LogP contribution in [0.4, 0.5) is 11.4 Å². The molecule has 4 rings (SSSR count). The lowest BCUT2D eigenvalue weighted by atomic mass is 10.0. The van der Waals surface area contributed by atoms with Crippen molar-refractivity contribution in [2.24, 2.45) is 0 Å². The average molecular weight is 400 g/mol. The van der Waals surface area contributed by atoms with Gasteiger partial charge < -0.3 is 5.32 Å². The van der Waals surface area contributed by atoms with Crippen molar-refractivity contribution in [3.05, 3.63) is 101 Å². The molecule has 1 N–H and O–H groups in total. The number of nitrogens with one attached hydrogen (secondary N) is 1. The predicted octanol–water partition coefficient (Wildman–Crippen LogP) is 4.61. The fourth-order valence-corrected chi connectivity index (χ4v) is 3.24. The minimum absolute atomic E-state index is 0.188. The molecule has 140 valence electrons. The van der Waals surface area contributed by atoms with Crippen molar-refractivity contribution in [3.63, 3.8) is 0 Å². The highest BCUT2D eigenvalue weighted by Gasteiger charge is 2.40. The van der Waals surface area contributed by atoms with Crippen LogP contribution in [0.5, 0.6) is 0 Å². The maximum Gasteiger partial charge on any atom is 0.282 e. The van der Waals surface area contributed by atoms with Gasteiger partial charge in [-0.15, -0.1) is 0 Å². The Morgan fingerprint density at radius 3 is 2.10 bits per heavy atom. The van der Waals surface area contributed by atoms with E-state index in [-0.39, 0.29) is 11.3 Å². The van der Waals surface area contributed by atoms with Crippen molar-refractivity contribution in [2.45, 2.75) is 0 Å². The molecule has 5 nitrogen and oxygen atoms in total. The molecule has 0 aliphatic carbocycles. The smallest absolute Gasteiger partial charge is 0.282 e. The van der Waals surface area contributed by atoms with E-state index in [9.17, 15) is 9.59 Å². The second-order valence-electron chi connectivity index (χ2n) is 6.35. The molecular formula is C23H14ClN3O2. The van der Waals surface area contributed by atoms with Crippen LogP contribution in [0.3, 0.4) is 0 Å². The van der Waals surface area contributed by atoms with E-state index in [2.05, 4.69) is 5.32 Å². The van der Waals surface area contributed by atoms with E-state index >= 15 is 0 Å². The number of nitrogens with zero attached hydrogens (tertiary/aromatic N) is 2. The molecular weight excluding hydrogens is 386 g/mol. The van der Waals surface area contributed by atoms with Gasteiger partial charge >= 0.3 is 0 Å². The molecule has 1 heterocycles. The number of benzene rings is 3. The number of hydrogen-bond acceptors (Lipinski definition) is 4. The summed E-state index contributed by atoms with van der Waals surface area (Å²) in [4.78, 5) is 27.6. The molecule has 29 heavy (non-hydrogen) atoms. The second-order valence-corrected chi connectivity index (χ2v) is 6.79. The Bertz CT molecular complexity index is 1160. The van der Waals surface area contributed by atoms with Gasteiger partial charge in [-0.25, -0.2) is 4.90 Å². The molecule has 0 fully saturated rings. The topological polar surface area (TPSA) is 73.2 Å². The van der Waals surface area contributed by atoms with Crippen molar-refractivity contribution >= 4 is 40.4 Å². The summed E-state index contributed by atoms with van der Waals surface area (Å²) in [6, 6.07) is 24.3. The van der Waals surface area contributed by atoms with Gasteiger partial charge in [0.15, 0.2) is 0 Å². The molecule has 0 unspecified atom stereocenters. The summed E-state index contributed by atoms with van der Waals surface area (Å²) in [6.45, 7) is 0. The van der Waals surface area contributed by atoms with E-state index in [4.69, 9.17) is 16.9 Å². The van der Waals surface area contributed by atoms with Gasteiger partial charge in [-0.1, -0.05) is 41.9 Å². The zero-order chi connectivity index (χ0) is 20.4. The van der Waals surface area contributed by atoms with E-state index in [1.54, 1.807) is 48.5 Å². The van der Waals surface area contributed by atoms with Crippen molar-refractivity contribution < 1.29 is 9.59 Å². The SMILES string of the molecule is N#Cc1ccc(N2C(=O)C(Nc3ccccc3)=C(c3ccc(Cl)cc3)C2=O)cc1. The molecule has 0 aromatic heterocycles. The number of halogens is 1. The number of imide groups is 1. The van der Waals surface area contributed by atoms with Crippen LogP contribution in [0, 0.1) is 11.3 Å². The van der Waals surface area contributed by atoms with E-state index in [1.165, 1.54) is 0 Å². The van der Waals surface area contributed by atoms with Crippen molar-refractivity contribution in [2.75, 3.05) is 10.2 Å². The van der Waals surface area contributed by atoms with Gasteiger partial charge in [-0.05, 0) is 54.1 Å². The van der Waals surface area contributed by atoms with Crippen LogP contribution < -0.4 is 10.2 Å². The fourth-order valence-electron chi connectivity index (χ4n) is 3.12. The number of para-hydroxylation sites is 1. The van der Waals surface area contributed by atoms with Crippen LogP contribution in [0.25, 0.3) is 5.57 Å². The third-order valence-electron chi connectivity index (χ3n) is 4.51. The van der Waals surface area contributed by atoms with Gasteiger partial charge in [0.1, 0.15) is 5.70 Å². The molecule has 1 aliphatic rings. The molecule has 0 bridgehead atoms. The second kappa shape index (κ2) is 7.63. The Balaban J connectivity index is 1.80. The molecule has 3 aromatic carbocycles. The van der Waals surface area contributed by atoms with Crippen LogP contribution in [0.15, 0.2) is 84.6 Å². The first kappa shape index (κ1) is 18.5. The van der Waals surface area contributed by atoms with E-state index in [0.29, 0.717) is 27.5 Å². The maximum absolute atomic E-state index is 13.3. The number of hydrogen-bond donors (Lipinski definition) is 1. The summed E-state index contributed by atoms with van der Waals surface area (Å²) in [5.41, 5.74) is 2.57. The lowest BCUT2D eigenvalue weighted by Gasteiger charge is -2.15. The summed E-state index contributed by atoms with van der Waals surface area (Å²) in [5, 5.41) is 12.6. The standard InChI is InChI=1S/C23H14ClN3O2/c24-17-10-8-16(9-11-17)20-21(26-18-4-2-1-3-5-18)23(29)27(22(20)28)19-12-6-15(14-25)7-13-19/h1-13,26H. The van der Waals surface area contributed by atoms with Gasteiger partial charge in [0.05, 0.1) is 22.9 Å². The van der Waals surface area contributed by atoms with E-state index < -0.39 is 11.8 Å². The molecule has 0 radical (unpaired) electrons. The molecule has 1 aliphatic heterocycles. The van der Waals surface area contributed by atoms with Gasteiger partial charge in [-0.2, -0.15) is 5.26 Å². The summed E-state index contributed by atoms with van der Waals surface area (Å²) in [5.74, 6) is -0.908. The summed E-state index contributed by atoms with van der Waals surface area (Å²) >= 11 is 5.98. The van der Waals surface area contributed by atoms with E-state index in [1.807, 2.05) is 36.4 Å². The Labute approximate surface area is 172 Å². The van der Waals surface area contributed by atoms with Crippen molar-refractivity contribution in [1.29, 1.82) is 5.26 Å². The Kier molecular flexibility index (Phi) is 4.86. The molecule has 2 amide bonds. The molecule has 3 aromatic rings. The monoisotopic (exact) mass is 399 g/mol. The Morgan fingerprint density at radius 2 is 1.48 bits per heavy atom. The molecule has 0 saturated carbocycles. The van der Waals surface area contributed by atoms with Crippen LogP contribution >= 0.6 is 11.6 Å². The predicted molar refractivity (Wildman–Crippen MR) is 112 cm³/mol. The highest BCUT2D eigenvalue weighted by Crippen LogP contribution is 2.34. The first-order valence-electron chi connectivity index (χ1n) is 8.80. The largest absolute Gasteiger partial charge is 0.350 e. The fraction of sp³-hybridized carbons (Fsp3) is 0. The number of carbonyl (C=O) groups excluding carboxylic acids is 2. The maximum atomic E-state index is 13.3. The number of carbonyl (C=O) groups is 2. The van der Waals surface area contributed by atoms with Gasteiger partial charge in [0.25, 0.3) is 11.8 Å². The van der Waals surface area contributed by atoms with Crippen molar-refractivity contribution in [1.82, 2.24) is 0 Å². The lowest BCUT2D eigenvalue weighted by Crippen LogP contribution is -2.32. The summed E-state index contributed by atoms with van der Waals surface area (Å²) in [6.07, 6.45) is 0. The van der Waals surface area contributed by atoms with Gasteiger partial charge in [-0.3, -0.25) is 9.59 Å². The van der Waals surface area contributed by atoms with Gasteiger partial charge in [0, 0.05) is 10.7 Å². The molecule has 0 atom stereocenters. The lowest BCUT2D eigenvalue weighted by molar-refractivity contribution is -0.120. The number of amides is 2. The highest BCUT2D eigenvalue weighted by atomic mass is 35.5. The average Bonchev–Trinajstić information content (AvgIpc) is 2.99. The Morgan fingerprint density at radius 1 is 0.828 bits per heavy atom. The normalized spacial score (nSPS) is 13.6. The van der Waals surface area contributed by atoms with Crippen LogP contribution in [0.1, 0.15) is 11.1 Å². The third kappa shape index (κ3) is 3.49. The number of nitriles is 1. The third-order valence-corrected chi connectivity index (χ3v) is 4.77. The molecule has 0 saturated heterocycles. The highest BCUT2D eigenvalue weighted by molar-refractivity contribution is 6.46. The summed E-state index contributed by atoms with van der Waals surface area (Å²) < 4.78 is 0. The minimum atomic E-state index is -0.464. The zero-order valence-corrected chi connectivity index (χ0v) is 15.9. The van der Waals surface area contributed by atoms with Crippen LogP contribution in [-0.4, -0.2) is 11.8 Å². The number of rotatable bonds is 4. The minimum Gasteiger partial charge on any atom is -0.350 e. The van der Waals surface area contributed by atoms with Crippen LogP contribution in [0.2, 0.25) is 5.02 Å². The van der Waals surface area contributed by atoms with E-state index in [0.717, 1.165) is 4.90 Å². The molecule has 0 spiro atoms. The molecule has 6 heteroatoms. The van der Waals surface area contributed by atoms with Gasteiger partial charge in [0.2, 0.25) is 0 Å². The summed E-state index contributed by atoms with van der Waals surface area (Å²) in [7, 11) is 0. The van der Waals surface area contributed by atoms with Crippen molar-refractivity contribution in [3.8, 4) is 6.07 Å². The van der Waals surface area contributed by atoms with Crippen LogP contribution in [-0.2, 0) is 9.59 Å². The quantitative estimate of drug-likeness (QED) is 0.650.